The highest BCUT2D eigenvalue weighted by Crippen LogP contribution is 2.38. The van der Waals surface area contributed by atoms with E-state index in [0.717, 1.165) is 39.1 Å². The van der Waals surface area contributed by atoms with Crippen molar-refractivity contribution in [3.8, 4) is 0 Å². The van der Waals surface area contributed by atoms with Gasteiger partial charge in [-0.3, -0.25) is 4.90 Å². The third-order valence-corrected chi connectivity index (χ3v) is 4.78. The van der Waals surface area contributed by atoms with Crippen LogP contribution in [0.2, 0.25) is 0 Å². The SMILES string of the molecule is CCOC1CCCN(CC2(C=O)CCCC(C)C2)C1. The van der Waals surface area contributed by atoms with Gasteiger partial charge < -0.3 is 9.53 Å². The number of rotatable bonds is 5. The van der Waals surface area contributed by atoms with Crippen LogP contribution in [0.5, 0.6) is 0 Å². The van der Waals surface area contributed by atoms with E-state index in [-0.39, 0.29) is 5.41 Å². The molecule has 3 nitrogen and oxygen atoms in total. The minimum absolute atomic E-state index is 0.0776. The first-order valence-electron chi connectivity index (χ1n) is 7.98. The second kappa shape index (κ2) is 6.85. The molecule has 3 heteroatoms. The fourth-order valence-corrected chi connectivity index (χ4v) is 3.96. The lowest BCUT2D eigenvalue weighted by molar-refractivity contribution is -0.121. The zero-order valence-electron chi connectivity index (χ0n) is 12.6. The summed E-state index contributed by atoms with van der Waals surface area (Å²) in [5, 5.41) is 0. The zero-order chi connectivity index (χ0) is 13.7. The van der Waals surface area contributed by atoms with Gasteiger partial charge in [-0.15, -0.1) is 0 Å². The van der Waals surface area contributed by atoms with Crippen LogP contribution in [-0.2, 0) is 9.53 Å². The lowest BCUT2D eigenvalue weighted by Gasteiger charge is -2.42. The molecule has 1 saturated heterocycles. The highest BCUT2D eigenvalue weighted by molar-refractivity contribution is 5.60. The Morgan fingerprint density at radius 1 is 1.37 bits per heavy atom. The molecule has 1 aliphatic carbocycles. The van der Waals surface area contributed by atoms with Gasteiger partial charge in [0.05, 0.1) is 6.10 Å². The van der Waals surface area contributed by atoms with Gasteiger partial charge in [-0.25, -0.2) is 0 Å². The van der Waals surface area contributed by atoms with Crippen LogP contribution in [0.25, 0.3) is 0 Å². The standard InChI is InChI=1S/C16H29NO2/c1-3-19-15-7-5-9-17(11-15)12-16(13-18)8-4-6-14(2)10-16/h13-15H,3-12H2,1-2H3. The third kappa shape index (κ3) is 4.03. The van der Waals surface area contributed by atoms with Gasteiger partial charge in [0, 0.05) is 25.1 Å². The molecule has 19 heavy (non-hydrogen) atoms. The summed E-state index contributed by atoms with van der Waals surface area (Å²) in [5.74, 6) is 0.700. The molecule has 0 spiro atoms. The number of aldehydes is 1. The molecule has 2 rings (SSSR count). The number of carbonyl (C=O) groups excluding carboxylic acids is 1. The van der Waals surface area contributed by atoms with Crippen molar-refractivity contribution in [2.75, 3.05) is 26.2 Å². The summed E-state index contributed by atoms with van der Waals surface area (Å²) in [6.45, 7) is 8.25. The van der Waals surface area contributed by atoms with Gasteiger partial charge in [-0.1, -0.05) is 19.8 Å². The van der Waals surface area contributed by atoms with E-state index in [1.807, 2.05) is 0 Å². The van der Waals surface area contributed by atoms with Gasteiger partial charge in [0.15, 0.2) is 0 Å². The summed E-state index contributed by atoms with van der Waals surface area (Å²) in [7, 11) is 0. The predicted octanol–water partition coefficient (Wildman–Crippen LogP) is 2.88. The first kappa shape index (κ1) is 15.0. The molecule has 0 N–H and O–H groups in total. The van der Waals surface area contributed by atoms with Crippen molar-refractivity contribution in [3.63, 3.8) is 0 Å². The summed E-state index contributed by atoms with van der Waals surface area (Å²) < 4.78 is 5.76. The fraction of sp³-hybridized carbons (Fsp3) is 0.938. The Hall–Kier alpha value is -0.410. The van der Waals surface area contributed by atoms with E-state index in [9.17, 15) is 4.79 Å². The summed E-state index contributed by atoms with van der Waals surface area (Å²) in [6.07, 6.45) is 8.67. The van der Waals surface area contributed by atoms with Crippen molar-refractivity contribution in [2.24, 2.45) is 11.3 Å². The number of hydrogen-bond donors (Lipinski definition) is 0. The highest BCUT2D eigenvalue weighted by atomic mass is 16.5. The van der Waals surface area contributed by atoms with Crippen LogP contribution >= 0.6 is 0 Å². The first-order chi connectivity index (χ1) is 9.17. The zero-order valence-corrected chi connectivity index (χ0v) is 12.6. The second-order valence-electron chi connectivity index (χ2n) is 6.64. The van der Waals surface area contributed by atoms with Crippen LogP contribution in [0.3, 0.4) is 0 Å². The Balaban J connectivity index is 1.92. The van der Waals surface area contributed by atoms with Gasteiger partial charge in [0.2, 0.25) is 0 Å². The first-order valence-corrected chi connectivity index (χ1v) is 7.98. The molecule has 0 aromatic rings. The van der Waals surface area contributed by atoms with Crippen LogP contribution < -0.4 is 0 Å². The Morgan fingerprint density at radius 2 is 2.21 bits per heavy atom. The molecule has 2 fully saturated rings. The van der Waals surface area contributed by atoms with E-state index in [1.54, 1.807) is 0 Å². The molecule has 110 valence electrons. The van der Waals surface area contributed by atoms with Crippen LogP contribution in [0.1, 0.15) is 52.4 Å². The van der Waals surface area contributed by atoms with Crippen LogP contribution in [0.4, 0.5) is 0 Å². The number of nitrogens with zero attached hydrogens (tertiary/aromatic N) is 1. The molecule has 3 unspecified atom stereocenters. The Labute approximate surface area is 117 Å². The summed E-state index contributed by atoms with van der Waals surface area (Å²) in [6, 6.07) is 0. The third-order valence-electron chi connectivity index (χ3n) is 4.78. The molecule has 0 radical (unpaired) electrons. The number of carbonyl (C=O) groups is 1. The highest BCUT2D eigenvalue weighted by Gasteiger charge is 2.37. The van der Waals surface area contributed by atoms with E-state index in [1.165, 1.54) is 32.0 Å². The van der Waals surface area contributed by atoms with E-state index < -0.39 is 0 Å². The number of ether oxygens (including phenoxy) is 1. The van der Waals surface area contributed by atoms with E-state index >= 15 is 0 Å². The largest absolute Gasteiger partial charge is 0.377 e. The summed E-state index contributed by atoms with van der Waals surface area (Å²) in [4.78, 5) is 14.1. The Kier molecular flexibility index (Phi) is 5.40. The quantitative estimate of drug-likeness (QED) is 0.717. The number of hydrogen-bond acceptors (Lipinski definition) is 3. The van der Waals surface area contributed by atoms with Crippen LogP contribution in [0.15, 0.2) is 0 Å². The molecule has 1 saturated carbocycles. The van der Waals surface area contributed by atoms with Crippen molar-refractivity contribution < 1.29 is 9.53 Å². The molecule has 1 heterocycles. The van der Waals surface area contributed by atoms with Gasteiger partial charge in [0.25, 0.3) is 0 Å². The monoisotopic (exact) mass is 267 g/mol. The lowest BCUT2D eigenvalue weighted by atomic mass is 9.70. The smallest absolute Gasteiger partial charge is 0.127 e. The molecule has 0 aromatic heterocycles. The molecule has 3 atom stereocenters. The summed E-state index contributed by atoms with van der Waals surface area (Å²) in [5.41, 5.74) is -0.0776. The van der Waals surface area contributed by atoms with Crippen molar-refractivity contribution >= 4 is 6.29 Å². The molecule has 0 amide bonds. The van der Waals surface area contributed by atoms with Crippen LogP contribution in [0, 0.1) is 11.3 Å². The van der Waals surface area contributed by atoms with E-state index in [0.29, 0.717) is 12.0 Å². The molecule has 0 aromatic carbocycles. The van der Waals surface area contributed by atoms with Gasteiger partial charge in [-0.2, -0.15) is 0 Å². The summed E-state index contributed by atoms with van der Waals surface area (Å²) >= 11 is 0. The Bertz CT molecular complexity index is 292. The average molecular weight is 267 g/mol. The Morgan fingerprint density at radius 3 is 2.89 bits per heavy atom. The van der Waals surface area contributed by atoms with Crippen molar-refractivity contribution in [1.29, 1.82) is 0 Å². The minimum atomic E-state index is -0.0776. The number of likely N-dealkylation sites (tertiary alicyclic amines) is 1. The van der Waals surface area contributed by atoms with E-state index in [4.69, 9.17) is 4.74 Å². The van der Waals surface area contributed by atoms with Crippen molar-refractivity contribution in [2.45, 2.75) is 58.5 Å². The minimum Gasteiger partial charge on any atom is -0.377 e. The maximum Gasteiger partial charge on any atom is 0.127 e. The van der Waals surface area contributed by atoms with Gasteiger partial charge in [-0.05, 0) is 45.1 Å². The molecular formula is C16H29NO2. The van der Waals surface area contributed by atoms with Gasteiger partial charge in [0.1, 0.15) is 6.29 Å². The topological polar surface area (TPSA) is 29.5 Å². The second-order valence-corrected chi connectivity index (χ2v) is 6.64. The maximum atomic E-state index is 11.7. The fourth-order valence-electron chi connectivity index (χ4n) is 3.96. The maximum absolute atomic E-state index is 11.7. The molecule has 0 bridgehead atoms. The average Bonchev–Trinajstić information content (AvgIpc) is 2.39. The van der Waals surface area contributed by atoms with Gasteiger partial charge >= 0.3 is 0 Å². The molecule has 2 aliphatic rings. The molecule has 1 aliphatic heterocycles. The number of piperidine rings is 1. The predicted molar refractivity (Wildman–Crippen MR) is 77.2 cm³/mol. The molecular weight excluding hydrogens is 238 g/mol. The lowest BCUT2D eigenvalue weighted by Crippen LogP contribution is -2.47. The van der Waals surface area contributed by atoms with Crippen LogP contribution in [-0.4, -0.2) is 43.5 Å². The normalized spacial score (nSPS) is 37.2. The van der Waals surface area contributed by atoms with E-state index in [2.05, 4.69) is 18.7 Å². The van der Waals surface area contributed by atoms with Crippen molar-refractivity contribution in [1.82, 2.24) is 4.90 Å². The van der Waals surface area contributed by atoms with Crippen molar-refractivity contribution in [3.05, 3.63) is 0 Å².